The minimum Gasteiger partial charge on any atom is -0.380 e. The van der Waals surface area contributed by atoms with E-state index in [0.717, 1.165) is 43.5 Å². The summed E-state index contributed by atoms with van der Waals surface area (Å²) in [7, 11) is 1.69. The average Bonchev–Trinajstić information content (AvgIpc) is 2.96. The summed E-state index contributed by atoms with van der Waals surface area (Å²) in [5, 5.41) is 6.44. The van der Waals surface area contributed by atoms with Crippen LogP contribution < -0.4 is 10.6 Å². The van der Waals surface area contributed by atoms with Crippen LogP contribution in [-0.2, 0) is 22.7 Å². The minimum absolute atomic E-state index is 0.187. The van der Waals surface area contributed by atoms with Crippen LogP contribution >= 0.6 is 0 Å². The lowest BCUT2D eigenvalue weighted by Gasteiger charge is -2.26. The molecule has 0 spiro atoms. The molecule has 4 heteroatoms. The van der Waals surface area contributed by atoms with Crippen LogP contribution in [0.5, 0.6) is 0 Å². The fourth-order valence-electron chi connectivity index (χ4n) is 3.11. The van der Waals surface area contributed by atoms with Gasteiger partial charge in [-0.2, -0.15) is 0 Å². The van der Waals surface area contributed by atoms with Crippen LogP contribution in [0.3, 0.4) is 0 Å². The fraction of sp³-hybridized carbons (Fsp3) is 0.588. The summed E-state index contributed by atoms with van der Waals surface area (Å²) in [5.74, 6) is 0.187. The molecule has 1 aliphatic rings. The van der Waals surface area contributed by atoms with Gasteiger partial charge in [-0.15, -0.1) is 0 Å². The van der Waals surface area contributed by atoms with Crippen molar-refractivity contribution < 1.29 is 9.53 Å². The Labute approximate surface area is 127 Å². The van der Waals surface area contributed by atoms with Gasteiger partial charge in [0, 0.05) is 20.2 Å². The summed E-state index contributed by atoms with van der Waals surface area (Å²) >= 11 is 0. The Bertz CT molecular complexity index is 468. The Kier molecular flexibility index (Phi) is 5.76. The maximum absolute atomic E-state index is 12.6. The summed E-state index contributed by atoms with van der Waals surface area (Å²) < 4.78 is 5.14. The van der Waals surface area contributed by atoms with E-state index in [4.69, 9.17) is 4.74 Å². The van der Waals surface area contributed by atoms with E-state index in [1.54, 1.807) is 7.11 Å². The predicted octanol–water partition coefficient (Wildman–Crippen LogP) is 2.23. The zero-order valence-corrected chi connectivity index (χ0v) is 13.1. The molecule has 1 saturated heterocycles. The van der Waals surface area contributed by atoms with Gasteiger partial charge in [-0.25, -0.2) is 0 Å². The number of carbonyl (C=O) groups excluding carboxylic acids is 1. The van der Waals surface area contributed by atoms with Crippen LogP contribution in [0.2, 0.25) is 0 Å². The Hall–Kier alpha value is -1.39. The average molecular weight is 290 g/mol. The fourth-order valence-corrected chi connectivity index (χ4v) is 3.11. The Morgan fingerprint density at radius 2 is 2.24 bits per heavy atom. The molecule has 4 nitrogen and oxygen atoms in total. The Morgan fingerprint density at radius 3 is 2.90 bits per heavy atom. The molecule has 1 aromatic carbocycles. The van der Waals surface area contributed by atoms with Crippen LogP contribution in [0.4, 0.5) is 0 Å². The van der Waals surface area contributed by atoms with Gasteiger partial charge in [0.15, 0.2) is 0 Å². The van der Waals surface area contributed by atoms with Crippen LogP contribution in [0, 0.1) is 5.41 Å². The molecule has 1 amide bonds. The lowest BCUT2D eigenvalue weighted by atomic mass is 9.81. The molecule has 0 aromatic heterocycles. The van der Waals surface area contributed by atoms with Crippen molar-refractivity contribution >= 4 is 5.91 Å². The predicted molar refractivity (Wildman–Crippen MR) is 83.8 cm³/mol. The van der Waals surface area contributed by atoms with E-state index < -0.39 is 0 Å². The van der Waals surface area contributed by atoms with Crippen LogP contribution in [0.1, 0.15) is 37.3 Å². The number of carbonyl (C=O) groups is 1. The third kappa shape index (κ3) is 4.05. The minimum atomic E-state index is -0.209. The lowest BCUT2D eigenvalue weighted by molar-refractivity contribution is -0.130. The third-order valence-corrected chi connectivity index (χ3v) is 4.21. The molecule has 0 bridgehead atoms. The maximum Gasteiger partial charge on any atom is 0.227 e. The SMILES string of the molecule is CCCC1(C(=O)NCc2cccc(COC)c2)CCNC1. The maximum atomic E-state index is 12.6. The van der Waals surface area contributed by atoms with Crippen molar-refractivity contribution in [2.45, 2.75) is 39.3 Å². The monoisotopic (exact) mass is 290 g/mol. The highest BCUT2D eigenvalue weighted by Crippen LogP contribution is 2.31. The number of methoxy groups -OCH3 is 1. The van der Waals surface area contributed by atoms with Crippen molar-refractivity contribution in [2.75, 3.05) is 20.2 Å². The van der Waals surface area contributed by atoms with E-state index >= 15 is 0 Å². The molecule has 1 atom stereocenters. The topological polar surface area (TPSA) is 50.4 Å². The number of benzene rings is 1. The first-order valence-electron chi connectivity index (χ1n) is 7.76. The first-order chi connectivity index (χ1) is 10.2. The quantitative estimate of drug-likeness (QED) is 0.809. The van der Waals surface area contributed by atoms with Crippen molar-refractivity contribution in [2.24, 2.45) is 5.41 Å². The van der Waals surface area contributed by atoms with Crippen molar-refractivity contribution in [3.8, 4) is 0 Å². The highest BCUT2D eigenvalue weighted by molar-refractivity contribution is 5.83. The largest absolute Gasteiger partial charge is 0.380 e. The number of ether oxygens (including phenoxy) is 1. The zero-order chi connectivity index (χ0) is 15.1. The molecule has 21 heavy (non-hydrogen) atoms. The highest BCUT2D eigenvalue weighted by Gasteiger charge is 2.39. The molecule has 2 N–H and O–H groups in total. The van der Waals surface area contributed by atoms with Crippen LogP contribution in [-0.4, -0.2) is 26.1 Å². The molecule has 1 unspecified atom stereocenters. The van der Waals surface area contributed by atoms with E-state index in [-0.39, 0.29) is 11.3 Å². The second-order valence-corrected chi connectivity index (χ2v) is 5.89. The van der Waals surface area contributed by atoms with Gasteiger partial charge in [-0.3, -0.25) is 4.79 Å². The van der Waals surface area contributed by atoms with Gasteiger partial charge in [0.2, 0.25) is 5.91 Å². The summed E-state index contributed by atoms with van der Waals surface area (Å²) in [5.41, 5.74) is 2.05. The van der Waals surface area contributed by atoms with Crippen molar-refractivity contribution in [1.29, 1.82) is 0 Å². The van der Waals surface area contributed by atoms with Gasteiger partial charge in [-0.05, 0) is 30.5 Å². The van der Waals surface area contributed by atoms with E-state index in [1.807, 2.05) is 18.2 Å². The Morgan fingerprint density at radius 1 is 1.43 bits per heavy atom. The van der Waals surface area contributed by atoms with E-state index in [2.05, 4.69) is 23.6 Å². The van der Waals surface area contributed by atoms with Gasteiger partial charge in [0.05, 0.1) is 12.0 Å². The molecule has 0 saturated carbocycles. The van der Waals surface area contributed by atoms with Gasteiger partial charge in [-0.1, -0.05) is 37.6 Å². The normalized spacial score (nSPS) is 21.4. The first kappa shape index (κ1) is 16.0. The molecule has 1 aromatic rings. The summed E-state index contributed by atoms with van der Waals surface area (Å²) in [6.45, 7) is 5.07. The number of rotatable bonds is 7. The van der Waals surface area contributed by atoms with Gasteiger partial charge >= 0.3 is 0 Å². The standard InChI is InChI=1S/C17H26N2O2/c1-3-7-17(8-9-18-13-17)16(20)19-11-14-5-4-6-15(10-14)12-21-2/h4-6,10,18H,3,7-9,11-13H2,1-2H3,(H,19,20). The molecule has 1 fully saturated rings. The second-order valence-electron chi connectivity index (χ2n) is 5.89. The molecular weight excluding hydrogens is 264 g/mol. The van der Waals surface area contributed by atoms with Crippen LogP contribution in [0.15, 0.2) is 24.3 Å². The first-order valence-corrected chi connectivity index (χ1v) is 7.76. The van der Waals surface area contributed by atoms with E-state index in [1.165, 1.54) is 0 Å². The summed E-state index contributed by atoms with van der Waals surface area (Å²) in [6, 6.07) is 8.17. The molecular formula is C17H26N2O2. The smallest absolute Gasteiger partial charge is 0.227 e. The van der Waals surface area contributed by atoms with Gasteiger partial charge in [0.1, 0.15) is 0 Å². The molecule has 2 rings (SSSR count). The number of nitrogens with one attached hydrogen (secondary N) is 2. The van der Waals surface area contributed by atoms with Crippen molar-refractivity contribution in [3.05, 3.63) is 35.4 Å². The highest BCUT2D eigenvalue weighted by atomic mass is 16.5. The summed E-state index contributed by atoms with van der Waals surface area (Å²) in [6.07, 6.45) is 2.93. The summed E-state index contributed by atoms with van der Waals surface area (Å²) in [4.78, 5) is 12.6. The number of amides is 1. The van der Waals surface area contributed by atoms with Crippen molar-refractivity contribution in [3.63, 3.8) is 0 Å². The zero-order valence-electron chi connectivity index (χ0n) is 13.1. The molecule has 1 heterocycles. The number of hydrogen-bond donors (Lipinski definition) is 2. The lowest BCUT2D eigenvalue weighted by Crippen LogP contribution is -2.42. The van der Waals surface area contributed by atoms with Gasteiger partial charge < -0.3 is 15.4 Å². The van der Waals surface area contributed by atoms with E-state index in [0.29, 0.717) is 13.2 Å². The number of hydrogen-bond acceptors (Lipinski definition) is 3. The molecule has 1 aliphatic heterocycles. The third-order valence-electron chi connectivity index (χ3n) is 4.21. The van der Waals surface area contributed by atoms with Crippen molar-refractivity contribution in [1.82, 2.24) is 10.6 Å². The molecule has 0 radical (unpaired) electrons. The second kappa shape index (κ2) is 7.57. The molecule has 116 valence electrons. The van der Waals surface area contributed by atoms with Crippen LogP contribution in [0.25, 0.3) is 0 Å². The Balaban J connectivity index is 1.95. The van der Waals surface area contributed by atoms with E-state index in [9.17, 15) is 4.79 Å². The molecule has 0 aliphatic carbocycles. The van der Waals surface area contributed by atoms with Gasteiger partial charge in [0.25, 0.3) is 0 Å².